The van der Waals surface area contributed by atoms with Crippen LogP contribution in [-0.2, 0) is 21.0 Å². The van der Waals surface area contributed by atoms with Crippen molar-refractivity contribution in [3.63, 3.8) is 0 Å². The van der Waals surface area contributed by atoms with Crippen molar-refractivity contribution < 1.29 is 19.1 Å². The van der Waals surface area contributed by atoms with Crippen LogP contribution in [0.3, 0.4) is 0 Å². The molecule has 5 rings (SSSR count). The quantitative estimate of drug-likeness (QED) is 0.243. The fourth-order valence-corrected chi connectivity index (χ4v) is 5.62. The average Bonchev–Trinajstić information content (AvgIpc) is 3.44. The molecule has 3 amide bonds. The molecule has 0 radical (unpaired) electrons. The number of carbonyl (C=O) groups excluding carboxylic acids is 3. The number of nitrogens with zero attached hydrogens (tertiary/aromatic N) is 3. The Balaban J connectivity index is 1.20. The van der Waals surface area contributed by atoms with E-state index in [1.54, 1.807) is 22.9 Å². The van der Waals surface area contributed by atoms with Crippen molar-refractivity contribution in [2.75, 3.05) is 29.9 Å². The van der Waals surface area contributed by atoms with Crippen molar-refractivity contribution >= 4 is 46.1 Å². The van der Waals surface area contributed by atoms with Crippen LogP contribution in [0.2, 0.25) is 0 Å². The second kappa shape index (κ2) is 13.1. The average molecular weight is 591 g/mol. The Kier molecular flexibility index (Phi) is 9.09. The van der Waals surface area contributed by atoms with E-state index in [2.05, 4.69) is 18.3 Å². The first-order valence-electron chi connectivity index (χ1n) is 14.8. The first-order valence-corrected chi connectivity index (χ1v) is 14.8. The molecule has 0 unspecified atom stereocenters. The molecule has 2 heterocycles. The van der Waals surface area contributed by atoms with Gasteiger partial charge < -0.3 is 19.9 Å². The van der Waals surface area contributed by atoms with E-state index in [-0.39, 0.29) is 24.3 Å². The van der Waals surface area contributed by atoms with E-state index in [1.807, 2.05) is 75.4 Å². The molecule has 0 saturated carbocycles. The van der Waals surface area contributed by atoms with Crippen molar-refractivity contribution in [1.82, 2.24) is 10.3 Å². The molecule has 8 heteroatoms. The fraction of sp³-hybridized carbons (Fsp3) is 0.278. The Morgan fingerprint density at radius 3 is 2.52 bits per heavy atom. The van der Waals surface area contributed by atoms with E-state index >= 15 is 0 Å². The van der Waals surface area contributed by atoms with E-state index in [9.17, 15) is 14.4 Å². The number of fused-ring (bicyclic) bond motifs is 1. The number of pyridine rings is 1. The number of aryl methyl sites for hydroxylation is 3. The summed E-state index contributed by atoms with van der Waals surface area (Å²) in [6.45, 7) is 8.98. The molecule has 1 fully saturated rings. The third kappa shape index (κ3) is 6.64. The summed E-state index contributed by atoms with van der Waals surface area (Å²) >= 11 is 0. The highest BCUT2D eigenvalue weighted by Crippen LogP contribution is 2.30. The number of hydrogen-bond acceptors (Lipinski definition) is 5. The van der Waals surface area contributed by atoms with Gasteiger partial charge in [0.05, 0.1) is 6.54 Å². The van der Waals surface area contributed by atoms with E-state index < -0.39 is 0 Å². The second-order valence-corrected chi connectivity index (χ2v) is 11.3. The Bertz CT molecular complexity index is 1760. The van der Waals surface area contributed by atoms with Gasteiger partial charge in [0.1, 0.15) is 17.9 Å². The molecule has 0 aliphatic carbocycles. The molecule has 8 nitrogen and oxygen atoms in total. The minimum Gasteiger partial charge on any atom is -0.487 e. The van der Waals surface area contributed by atoms with Gasteiger partial charge in [-0.15, -0.1) is 0 Å². The predicted octanol–water partition coefficient (Wildman–Crippen LogP) is 5.97. The van der Waals surface area contributed by atoms with Crippen molar-refractivity contribution in [2.45, 2.75) is 47.1 Å². The second-order valence-electron chi connectivity index (χ2n) is 11.3. The van der Waals surface area contributed by atoms with E-state index in [0.717, 1.165) is 74.5 Å². The highest BCUT2D eigenvalue weighted by molar-refractivity contribution is 6.00. The first-order chi connectivity index (χ1) is 21.1. The summed E-state index contributed by atoms with van der Waals surface area (Å²) < 4.78 is 6.30. The number of para-hydroxylation sites is 1. The molecule has 0 spiro atoms. The summed E-state index contributed by atoms with van der Waals surface area (Å²) in [6, 6.07) is 19.4. The number of anilines is 2. The van der Waals surface area contributed by atoms with Crippen LogP contribution in [0.15, 0.2) is 66.7 Å². The van der Waals surface area contributed by atoms with Crippen LogP contribution in [-0.4, -0.2) is 42.8 Å². The number of amides is 3. The lowest BCUT2D eigenvalue weighted by molar-refractivity contribution is -0.122. The summed E-state index contributed by atoms with van der Waals surface area (Å²) in [6.07, 6.45) is 4.54. The van der Waals surface area contributed by atoms with Gasteiger partial charge >= 0.3 is 0 Å². The van der Waals surface area contributed by atoms with Crippen molar-refractivity contribution in [3.8, 4) is 5.75 Å². The maximum atomic E-state index is 13.1. The first kappa shape index (κ1) is 30.5. The van der Waals surface area contributed by atoms with Crippen LogP contribution in [0.1, 0.15) is 46.4 Å². The molecular formula is C36H38N4O4. The van der Waals surface area contributed by atoms with Crippen LogP contribution in [0.4, 0.5) is 11.4 Å². The van der Waals surface area contributed by atoms with Crippen LogP contribution < -0.4 is 19.9 Å². The lowest BCUT2D eigenvalue weighted by Crippen LogP contribution is -2.38. The normalized spacial score (nSPS) is 13.1. The Labute approximate surface area is 258 Å². The third-order valence-corrected chi connectivity index (χ3v) is 8.17. The topological polar surface area (TPSA) is 91.8 Å². The Hall–Kier alpha value is -4.98. The number of ether oxygens (including phenoxy) is 1. The molecule has 0 atom stereocenters. The molecule has 44 heavy (non-hydrogen) atoms. The smallest absolute Gasteiger partial charge is 0.246 e. The number of likely N-dealkylation sites (N-methyl/N-ethyl adjacent to an activating group) is 1. The van der Waals surface area contributed by atoms with Crippen LogP contribution >= 0.6 is 0 Å². The Morgan fingerprint density at radius 2 is 1.80 bits per heavy atom. The molecule has 1 aliphatic rings. The van der Waals surface area contributed by atoms with Crippen molar-refractivity contribution in [3.05, 3.63) is 100 Å². The maximum Gasteiger partial charge on any atom is 0.246 e. The SMILES string of the molecule is Cc1cc(C)c2cccc(OCc3c(C)ccc(N(C)C(=O)CNC(=O)/C=C/c4ccc(N5CCCC5=O)cc4)c3C)c2n1. The van der Waals surface area contributed by atoms with Crippen molar-refractivity contribution in [2.24, 2.45) is 0 Å². The van der Waals surface area contributed by atoms with Gasteiger partial charge in [0.15, 0.2) is 0 Å². The molecule has 0 bridgehead atoms. The number of carbonyl (C=O) groups is 3. The minimum absolute atomic E-state index is 0.135. The van der Waals surface area contributed by atoms with E-state index in [0.29, 0.717) is 13.0 Å². The van der Waals surface area contributed by atoms with Gasteiger partial charge in [0, 0.05) is 48.5 Å². The standard InChI is InChI=1S/C36H38N4O4/c1-23-11-17-31(26(4)30(23)22-44-32-9-6-8-29-24(2)20-25(3)38-36(29)32)39(5)35(43)21-37-33(41)18-14-27-12-15-28(16-13-27)40-19-7-10-34(40)42/h6,8-9,11-18,20H,7,10,19,21-22H2,1-5H3,(H,37,41)/b18-14+. The summed E-state index contributed by atoms with van der Waals surface area (Å²) in [5, 5.41) is 3.74. The van der Waals surface area contributed by atoms with Crippen LogP contribution in [0.5, 0.6) is 5.75 Å². The van der Waals surface area contributed by atoms with Crippen molar-refractivity contribution in [1.29, 1.82) is 0 Å². The number of benzene rings is 3. The number of nitrogens with one attached hydrogen (secondary N) is 1. The Morgan fingerprint density at radius 1 is 1.02 bits per heavy atom. The minimum atomic E-state index is -0.366. The van der Waals surface area contributed by atoms with Gasteiger partial charge in [0.25, 0.3) is 0 Å². The van der Waals surface area contributed by atoms with Gasteiger partial charge in [-0.2, -0.15) is 0 Å². The lowest BCUT2D eigenvalue weighted by atomic mass is 10.0. The molecule has 3 aromatic carbocycles. The van der Waals surface area contributed by atoms with Gasteiger partial charge in [0.2, 0.25) is 17.7 Å². The fourth-order valence-electron chi connectivity index (χ4n) is 5.62. The monoisotopic (exact) mass is 590 g/mol. The lowest BCUT2D eigenvalue weighted by Gasteiger charge is -2.23. The van der Waals surface area contributed by atoms with Gasteiger partial charge in [-0.1, -0.05) is 30.3 Å². The van der Waals surface area contributed by atoms with Gasteiger partial charge in [-0.05, 0) is 98.3 Å². The number of rotatable bonds is 9. The zero-order valence-corrected chi connectivity index (χ0v) is 25.9. The predicted molar refractivity (Wildman–Crippen MR) is 175 cm³/mol. The summed E-state index contributed by atoms with van der Waals surface area (Å²) in [5.74, 6) is 0.247. The molecule has 1 saturated heterocycles. The van der Waals surface area contributed by atoms with Crippen LogP contribution in [0.25, 0.3) is 17.0 Å². The van der Waals surface area contributed by atoms with E-state index in [4.69, 9.17) is 9.72 Å². The van der Waals surface area contributed by atoms with Gasteiger partial charge in [-0.3, -0.25) is 14.4 Å². The van der Waals surface area contributed by atoms with Crippen LogP contribution in [0, 0.1) is 27.7 Å². The third-order valence-electron chi connectivity index (χ3n) is 8.17. The summed E-state index contributed by atoms with van der Waals surface area (Å²) in [4.78, 5) is 45.5. The molecular weight excluding hydrogens is 552 g/mol. The van der Waals surface area contributed by atoms with Gasteiger partial charge in [-0.25, -0.2) is 4.98 Å². The molecule has 1 N–H and O–H groups in total. The summed E-state index contributed by atoms with van der Waals surface area (Å²) in [7, 11) is 1.71. The molecule has 1 aromatic heterocycles. The molecule has 1 aliphatic heterocycles. The highest BCUT2D eigenvalue weighted by atomic mass is 16.5. The largest absolute Gasteiger partial charge is 0.487 e. The zero-order valence-electron chi connectivity index (χ0n) is 25.9. The zero-order chi connectivity index (χ0) is 31.4. The molecule has 226 valence electrons. The highest BCUT2D eigenvalue weighted by Gasteiger charge is 2.21. The number of aromatic nitrogens is 1. The maximum absolute atomic E-state index is 13.1. The number of hydrogen-bond donors (Lipinski definition) is 1. The van der Waals surface area contributed by atoms with E-state index in [1.165, 1.54) is 6.08 Å². The molecule has 4 aromatic rings. The summed E-state index contributed by atoms with van der Waals surface area (Å²) in [5.41, 5.74) is 8.36.